The molecule has 0 atom stereocenters. The number of nitrogens with zero attached hydrogens (tertiary/aromatic N) is 4. The van der Waals surface area contributed by atoms with Gasteiger partial charge in [0.25, 0.3) is 0 Å². The van der Waals surface area contributed by atoms with E-state index < -0.39 is 0 Å². The standard InChI is InChI=1S/C21H17N7/c22-11-13-4-7-16(8-5-13)26-21-27-19-18(23-12-24-19)20(28-21)25-17-9-6-14-2-1-3-15(14)10-17/h4-10,12H,1-3H2,(H3,23,24,25,26,27,28). The molecule has 0 saturated carbocycles. The van der Waals surface area contributed by atoms with E-state index in [0.717, 1.165) is 29.7 Å². The Labute approximate surface area is 161 Å². The third kappa shape index (κ3) is 3.01. The molecule has 2 aromatic carbocycles. The average molecular weight is 367 g/mol. The summed E-state index contributed by atoms with van der Waals surface area (Å²) in [5.41, 5.74) is 6.57. The van der Waals surface area contributed by atoms with Crippen LogP contribution in [0.2, 0.25) is 0 Å². The number of benzene rings is 2. The van der Waals surface area contributed by atoms with Gasteiger partial charge in [0.1, 0.15) is 5.52 Å². The second-order valence-corrected chi connectivity index (χ2v) is 6.77. The second-order valence-electron chi connectivity index (χ2n) is 6.77. The molecule has 0 spiro atoms. The van der Waals surface area contributed by atoms with E-state index in [-0.39, 0.29) is 0 Å². The molecular formula is C21H17N7. The summed E-state index contributed by atoms with van der Waals surface area (Å²) in [6, 6.07) is 15.7. The summed E-state index contributed by atoms with van der Waals surface area (Å²) in [6.07, 6.45) is 5.11. The maximum absolute atomic E-state index is 8.93. The Bertz CT molecular complexity index is 1200. The van der Waals surface area contributed by atoms with Crippen LogP contribution in [-0.4, -0.2) is 19.9 Å². The molecule has 7 heteroatoms. The van der Waals surface area contributed by atoms with Crippen LogP contribution < -0.4 is 10.6 Å². The van der Waals surface area contributed by atoms with Crippen LogP contribution in [0.3, 0.4) is 0 Å². The molecule has 136 valence electrons. The molecule has 0 bridgehead atoms. The number of nitriles is 1. The number of aryl methyl sites for hydroxylation is 2. The first-order valence-electron chi connectivity index (χ1n) is 9.16. The zero-order valence-corrected chi connectivity index (χ0v) is 15.0. The van der Waals surface area contributed by atoms with E-state index in [2.05, 4.69) is 54.8 Å². The van der Waals surface area contributed by atoms with Crippen LogP contribution in [0.25, 0.3) is 11.2 Å². The van der Waals surface area contributed by atoms with Gasteiger partial charge in [-0.05, 0) is 66.8 Å². The lowest BCUT2D eigenvalue weighted by Gasteiger charge is -2.11. The molecule has 28 heavy (non-hydrogen) atoms. The van der Waals surface area contributed by atoms with Gasteiger partial charge in [-0.25, -0.2) is 4.98 Å². The normalized spacial score (nSPS) is 12.5. The Morgan fingerprint density at radius 2 is 1.75 bits per heavy atom. The largest absolute Gasteiger partial charge is 0.340 e. The molecule has 2 aromatic heterocycles. The number of anilines is 4. The minimum absolute atomic E-state index is 0.438. The van der Waals surface area contributed by atoms with Crippen LogP contribution in [0.15, 0.2) is 48.8 Å². The smallest absolute Gasteiger partial charge is 0.231 e. The Balaban J connectivity index is 1.47. The molecular weight excluding hydrogens is 350 g/mol. The predicted molar refractivity (Wildman–Crippen MR) is 108 cm³/mol. The molecule has 0 aliphatic heterocycles. The molecule has 7 nitrogen and oxygen atoms in total. The number of imidazole rings is 1. The fourth-order valence-electron chi connectivity index (χ4n) is 3.52. The van der Waals surface area contributed by atoms with E-state index in [4.69, 9.17) is 5.26 Å². The number of rotatable bonds is 4. The van der Waals surface area contributed by atoms with Crippen molar-refractivity contribution in [3.63, 3.8) is 0 Å². The van der Waals surface area contributed by atoms with Crippen LogP contribution in [0.5, 0.6) is 0 Å². The highest BCUT2D eigenvalue weighted by Crippen LogP contribution is 2.28. The molecule has 0 unspecified atom stereocenters. The Morgan fingerprint density at radius 3 is 2.61 bits per heavy atom. The van der Waals surface area contributed by atoms with E-state index in [9.17, 15) is 0 Å². The Hall–Kier alpha value is -3.92. The maximum atomic E-state index is 8.93. The molecule has 0 fully saturated rings. The van der Waals surface area contributed by atoms with Crippen LogP contribution in [-0.2, 0) is 12.8 Å². The van der Waals surface area contributed by atoms with Crippen LogP contribution in [0, 0.1) is 11.3 Å². The van der Waals surface area contributed by atoms with Gasteiger partial charge < -0.3 is 15.6 Å². The van der Waals surface area contributed by atoms with Crippen LogP contribution in [0.4, 0.5) is 23.1 Å². The number of H-pyrrole nitrogens is 1. The van der Waals surface area contributed by atoms with Gasteiger partial charge in [-0.1, -0.05) is 6.07 Å². The fourth-order valence-corrected chi connectivity index (χ4v) is 3.52. The second kappa shape index (κ2) is 6.67. The molecule has 1 aliphatic rings. The number of nitrogens with one attached hydrogen (secondary N) is 3. The Kier molecular flexibility index (Phi) is 3.87. The fraction of sp³-hybridized carbons (Fsp3) is 0.143. The summed E-state index contributed by atoms with van der Waals surface area (Å²) in [5.74, 6) is 1.10. The molecule has 0 radical (unpaired) electrons. The summed E-state index contributed by atoms with van der Waals surface area (Å²) in [7, 11) is 0. The third-order valence-corrected chi connectivity index (χ3v) is 4.92. The summed E-state index contributed by atoms with van der Waals surface area (Å²) in [6.45, 7) is 0. The summed E-state index contributed by atoms with van der Waals surface area (Å²) >= 11 is 0. The molecule has 3 N–H and O–H groups in total. The first kappa shape index (κ1) is 16.3. The van der Waals surface area contributed by atoms with Crippen molar-refractivity contribution in [2.75, 3.05) is 10.6 Å². The lowest BCUT2D eigenvalue weighted by molar-refractivity contribution is 0.912. The monoisotopic (exact) mass is 367 g/mol. The van der Waals surface area contributed by atoms with Crippen molar-refractivity contribution in [1.29, 1.82) is 5.26 Å². The molecule has 5 rings (SSSR count). The number of hydrogen-bond acceptors (Lipinski definition) is 6. The van der Waals surface area contributed by atoms with E-state index in [1.165, 1.54) is 17.5 Å². The van der Waals surface area contributed by atoms with E-state index >= 15 is 0 Å². The first-order valence-corrected chi connectivity index (χ1v) is 9.16. The van der Waals surface area contributed by atoms with Crippen molar-refractivity contribution in [2.24, 2.45) is 0 Å². The van der Waals surface area contributed by atoms with Crippen molar-refractivity contribution < 1.29 is 0 Å². The molecule has 0 saturated heterocycles. The van der Waals surface area contributed by atoms with Gasteiger partial charge in [-0.3, -0.25) is 0 Å². The first-order chi connectivity index (χ1) is 13.8. The minimum Gasteiger partial charge on any atom is -0.340 e. The minimum atomic E-state index is 0.438. The van der Waals surface area contributed by atoms with E-state index in [1.807, 2.05) is 12.1 Å². The highest BCUT2D eigenvalue weighted by atomic mass is 15.2. The highest BCUT2D eigenvalue weighted by molar-refractivity contribution is 5.86. The van der Waals surface area contributed by atoms with Gasteiger partial charge >= 0.3 is 0 Å². The van der Waals surface area contributed by atoms with Crippen molar-refractivity contribution in [3.05, 3.63) is 65.5 Å². The molecule has 4 aromatic rings. The summed E-state index contributed by atoms with van der Waals surface area (Å²) < 4.78 is 0. The lowest BCUT2D eigenvalue weighted by atomic mass is 10.1. The maximum Gasteiger partial charge on any atom is 0.231 e. The molecule has 0 amide bonds. The zero-order valence-electron chi connectivity index (χ0n) is 15.0. The summed E-state index contributed by atoms with van der Waals surface area (Å²) in [4.78, 5) is 16.5. The van der Waals surface area contributed by atoms with Crippen LogP contribution >= 0.6 is 0 Å². The zero-order chi connectivity index (χ0) is 18.9. The van der Waals surface area contributed by atoms with Gasteiger partial charge in [-0.15, -0.1) is 0 Å². The third-order valence-electron chi connectivity index (χ3n) is 4.92. The van der Waals surface area contributed by atoms with Gasteiger partial charge in [-0.2, -0.15) is 15.2 Å². The van der Waals surface area contributed by atoms with Gasteiger partial charge in [0.05, 0.1) is 18.0 Å². The molecule has 1 aliphatic carbocycles. The quantitative estimate of drug-likeness (QED) is 0.499. The summed E-state index contributed by atoms with van der Waals surface area (Å²) in [5, 5.41) is 15.5. The number of aromatic amines is 1. The SMILES string of the molecule is N#Cc1ccc(Nc2nc(Nc3ccc4c(c3)CCC4)c3[nH]cnc3n2)cc1. The Morgan fingerprint density at radius 1 is 0.929 bits per heavy atom. The van der Waals surface area contributed by atoms with E-state index in [1.54, 1.807) is 18.5 Å². The van der Waals surface area contributed by atoms with Gasteiger partial charge in [0.2, 0.25) is 5.95 Å². The number of aromatic nitrogens is 4. The highest BCUT2D eigenvalue weighted by Gasteiger charge is 2.14. The van der Waals surface area contributed by atoms with Crippen molar-refractivity contribution in [2.45, 2.75) is 19.3 Å². The molecule has 2 heterocycles. The van der Waals surface area contributed by atoms with Crippen LogP contribution in [0.1, 0.15) is 23.1 Å². The van der Waals surface area contributed by atoms with Gasteiger partial charge in [0, 0.05) is 11.4 Å². The number of fused-ring (bicyclic) bond motifs is 2. The van der Waals surface area contributed by atoms with Crippen molar-refractivity contribution in [3.8, 4) is 6.07 Å². The average Bonchev–Trinajstić information content (AvgIpc) is 3.37. The van der Waals surface area contributed by atoms with Crippen molar-refractivity contribution in [1.82, 2.24) is 19.9 Å². The van der Waals surface area contributed by atoms with Gasteiger partial charge in [0.15, 0.2) is 11.5 Å². The topological polar surface area (TPSA) is 102 Å². The van der Waals surface area contributed by atoms with E-state index in [0.29, 0.717) is 23.0 Å². The lowest BCUT2D eigenvalue weighted by Crippen LogP contribution is -2.02. The predicted octanol–water partition coefficient (Wildman–Crippen LogP) is 4.20. The van der Waals surface area contributed by atoms with Crippen molar-refractivity contribution >= 4 is 34.3 Å². The number of hydrogen-bond donors (Lipinski definition) is 3.